The fourth-order valence-electron chi connectivity index (χ4n) is 1.81. The molecular formula is C13H13FN2O. The number of halogens is 1. The van der Waals surface area contributed by atoms with Gasteiger partial charge in [0, 0.05) is 17.4 Å². The van der Waals surface area contributed by atoms with Crippen LogP contribution in [0.5, 0.6) is 0 Å². The molecule has 0 unspecified atom stereocenters. The highest BCUT2D eigenvalue weighted by Gasteiger charge is 2.09. The molecule has 1 aromatic heterocycles. The molecule has 0 saturated carbocycles. The average Bonchev–Trinajstić information content (AvgIpc) is 2.29. The molecule has 0 fully saturated rings. The molecule has 3 nitrogen and oxygen atoms in total. The third kappa shape index (κ3) is 2.06. The van der Waals surface area contributed by atoms with E-state index in [4.69, 9.17) is 5.73 Å². The van der Waals surface area contributed by atoms with Crippen LogP contribution in [0.4, 0.5) is 10.1 Å². The number of nitrogens with two attached hydrogens (primary N) is 1. The van der Waals surface area contributed by atoms with Crippen molar-refractivity contribution >= 4 is 5.69 Å². The van der Waals surface area contributed by atoms with Crippen LogP contribution < -0.4 is 11.3 Å². The molecule has 1 heterocycles. The number of hydrogen-bond acceptors (Lipinski definition) is 2. The Morgan fingerprint density at radius 2 is 2.00 bits per heavy atom. The first kappa shape index (κ1) is 11.4. The van der Waals surface area contributed by atoms with Gasteiger partial charge in [0.25, 0.3) is 5.56 Å². The normalized spacial score (nSPS) is 10.5. The molecule has 88 valence electrons. The number of aryl methyl sites for hydroxylation is 1. The molecule has 2 aromatic rings. The Kier molecular flexibility index (Phi) is 2.95. The number of rotatable bonds is 2. The first-order valence-corrected chi connectivity index (χ1v) is 5.40. The van der Waals surface area contributed by atoms with Crippen LogP contribution in [-0.4, -0.2) is 4.57 Å². The van der Waals surface area contributed by atoms with E-state index in [9.17, 15) is 9.18 Å². The molecule has 0 aliphatic rings. The van der Waals surface area contributed by atoms with Crippen molar-refractivity contribution < 1.29 is 4.39 Å². The number of benzene rings is 1. The van der Waals surface area contributed by atoms with Crippen LogP contribution in [0.3, 0.4) is 0 Å². The maximum absolute atomic E-state index is 13.7. The Morgan fingerprint density at radius 1 is 1.29 bits per heavy atom. The number of pyridine rings is 1. The van der Waals surface area contributed by atoms with Crippen LogP contribution in [0.1, 0.15) is 12.6 Å². The maximum Gasteiger partial charge on any atom is 0.257 e. The SMILES string of the molecule is CCc1cc(N)cc(=O)n1-c1ccccc1F. The average molecular weight is 232 g/mol. The van der Waals surface area contributed by atoms with E-state index in [2.05, 4.69) is 0 Å². The summed E-state index contributed by atoms with van der Waals surface area (Å²) >= 11 is 0. The van der Waals surface area contributed by atoms with Crippen LogP contribution in [-0.2, 0) is 6.42 Å². The first-order valence-electron chi connectivity index (χ1n) is 5.40. The van der Waals surface area contributed by atoms with Crippen molar-refractivity contribution in [3.63, 3.8) is 0 Å². The summed E-state index contributed by atoms with van der Waals surface area (Å²) in [6, 6.07) is 9.18. The topological polar surface area (TPSA) is 48.0 Å². The van der Waals surface area contributed by atoms with Gasteiger partial charge in [-0.3, -0.25) is 9.36 Å². The second-order valence-corrected chi connectivity index (χ2v) is 3.76. The summed E-state index contributed by atoms with van der Waals surface area (Å²) in [6.45, 7) is 1.89. The van der Waals surface area contributed by atoms with Gasteiger partial charge in [-0.2, -0.15) is 0 Å². The summed E-state index contributed by atoms with van der Waals surface area (Å²) in [7, 11) is 0. The smallest absolute Gasteiger partial charge is 0.257 e. The zero-order chi connectivity index (χ0) is 12.4. The highest BCUT2D eigenvalue weighted by Crippen LogP contribution is 2.15. The van der Waals surface area contributed by atoms with Gasteiger partial charge >= 0.3 is 0 Å². The van der Waals surface area contributed by atoms with Gasteiger partial charge in [-0.15, -0.1) is 0 Å². The zero-order valence-corrected chi connectivity index (χ0v) is 9.48. The van der Waals surface area contributed by atoms with E-state index in [-0.39, 0.29) is 11.2 Å². The number of nitrogens with zero attached hydrogens (tertiary/aromatic N) is 1. The second-order valence-electron chi connectivity index (χ2n) is 3.76. The Balaban J connectivity index is 2.76. The lowest BCUT2D eigenvalue weighted by Gasteiger charge is -2.12. The summed E-state index contributed by atoms with van der Waals surface area (Å²) in [6.07, 6.45) is 0.606. The van der Waals surface area contributed by atoms with Crippen LogP contribution in [0.15, 0.2) is 41.2 Å². The molecule has 0 amide bonds. The fourth-order valence-corrected chi connectivity index (χ4v) is 1.81. The van der Waals surface area contributed by atoms with E-state index in [1.165, 1.54) is 16.7 Å². The van der Waals surface area contributed by atoms with Crippen LogP contribution in [0, 0.1) is 5.82 Å². The quantitative estimate of drug-likeness (QED) is 0.862. The Labute approximate surface area is 98.3 Å². The van der Waals surface area contributed by atoms with Gasteiger partial charge in [0.1, 0.15) is 5.82 Å². The molecule has 0 aliphatic heterocycles. The molecule has 4 heteroatoms. The molecular weight excluding hydrogens is 219 g/mol. The molecule has 17 heavy (non-hydrogen) atoms. The minimum atomic E-state index is -0.422. The van der Waals surface area contributed by atoms with E-state index in [0.717, 1.165) is 0 Å². The minimum absolute atomic E-state index is 0.259. The number of nitrogen functional groups attached to an aromatic ring is 1. The minimum Gasteiger partial charge on any atom is -0.399 e. The molecule has 2 N–H and O–H groups in total. The lowest BCUT2D eigenvalue weighted by Crippen LogP contribution is -2.22. The number of hydrogen-bond donors (Lipinski definition) is 1. The summed E-state index contributed by atoms with van der Waals surface area (Å²) in [4.78, 5) is 11.9. The summed E-state index contributed by atoms with van der Waals surface area (Å²) in [5, 5.41) is 0. The van der Waals surface area contributed by atoms with Crippen molar-refractivity contribution in [3.8, 4) is 5.69 Å². The molecule has 0 atom stereocenters. The van der Waals surface area contributed by atoms with E-state index < -0.39 is 5.82 Å². The van der Waals surface area contributed by atoms with E-state index >= 15 is 0 Å². The number of aromatic nitrogens is 1. The van der Waals surface area contributed by atoms with Gasteiger partial charge in [-0.05, 0) is 24.6 Å². The Hall–Kier alpha value is -2.10. The summed E-state index contributed by atoms with van der Waals surface area (Å²) in [5.74, 6) is -0.422. The third-order valence-corrected chi connectivity index (χ3v) is 2.59. The van der Waals surface area contributed by atoms with Crippen molar-refractivity contribution in [2.45, 2.75) is 13.3 Å². The predicted octanol–water partition coefficient (Wildman–Crippen LogP) is 2.12. The fraction of sp³-hybridized carbons (Fsp3) is 0.154. The largest absolute Gasteiger partial charge is 0.399 e. The number of anilines is 1. The van der Waals surface area contributed by atoms with Gasteiger partial charge in [-0.1, -0.05) is 19.1 Å². The van der Waals surface area contributed by atoms with Gasteiger partial charge in [0.15, 0.2) is 0 Å². The zero-order valence-electron chi connectivity index (χ0n) is 9.48. The highest BCUT2D eigenvalue weighted by molar-refractivity contribution is 5.43. The van der Waals surface area contributed by atoms with Gasteiger partial charge in [0.2, 0.25) is 0 Å². The highest BCUT2D eigenvalue weighted by atomic mass is 19.1. The Bertz CT molecular complexity index is 605. The van der Waals surface area contributed by atoms with E-state index in [0.29, 0.717) is 17.8 Å². The molecule has 0 spiro atoms. The Morgan fingerprint density at radius 3 is 2.65 bits per heavy atom. The third-order valence-electron chi connectivity index (χ3n) is 2.59. The second kappa shape index (κ2) is 4.41. The monoisotopic (exact) mass is 232 g/mol. The van der Waals surface area contributed by atoms with E-state index in [1.54, 1.807) is 24.3 Å². The van der Waals surface area contributed by atoms with Crippen molar-refractivity contribution in [1.29, 1.82) is 0 Å². The predicted molar refractivity (Wildman–Crippen MR) is 65.8 cm³/mol. The molecule has 0 radical (unpaired) electrons. The van der Waals surface area contributed by atoms with E-state index in [1.807, 2.05) is 6.92 Å². The summed E-state index contributed by atoms with van der Waals surface area (Å²) < 4.78 is 15.0. The lowest BCUT2D eigenvalue weighted by molar-refractivity contribution is 0.613. The van der Waals surface area contributed by atoms with Crippen LogP contribution >= 0.6 is 0 Å². The van der Waals surface area contributed by atoms with Crippen molar-refractivity contribution in [1.82, 2.24) is 4.57 Å². The standard InChI is InChI=1S/C13H13FN2O/c1-2-10-7-9(15)8-13(17)16(10)12-6-4-3-5-11(12)14/h3-8H,2,15H2,1H3. The molecule has 0 aliphatic carbocycles. The molecule has 1 aromatic carbocycles. The number of para-hydroxylation sites is 1. The first-order chi connectivity index (χ1) is 8.13. The van der Waals surface area contributed by atoms with Crippen LogP contribution in [0.2, 0.25) is 0 Å². The van der Waals surface area contributed by atoms with Crippen molar-refractivity contribution in [2.24, 2.45) is 0 Å². The lowest BCUT2D eigenvalue weighted by atomic mass is 10.2. The van der Waals surface area contributed by atoms with Gasteiger partial charge in [-0.25, -0.2) is 4.39 Å². The van der Waals surface area contributed by atoms with Crippen LogP contribution in [0.25, 0.3) is 5.69 Å². The molecule has 0 saturated heterocycles. The maximum atomic E-state index is 13.7. The molecule has 0 bridgehead atoms. The summed E-state index contributed by atoms with van der Waals surface area (Å²) in [5.41, 5.74) is 6.66. The van der Waals surface area contributed by atoms with Gasteiger partial charge in [0.05, 0.1) is 5.69 Å². The molecule has 2 rings (SSSR count). The van der Waals surface area contributed by atoms with Crippen molar-refractivity contribution in [2.75, 3.05) is 5.73 Å². The van der Waals surface area contributed by atoms with Crippen molar-refractivity contribution in [3.05, 3.63) is 58.3 Å². The van der Waals surface area contributed by atoms with Gasteiger partial charge < -0.3 is 5.73 Å².